The second kappa shape index (κ2) is 8.52. The predicted octanol–water partition coefficient (Wildman–Crippen LogP) is 4.44. The Labute approximate surface area is 198 Å². The first kappa shape index (κ1) is 23.9. The Morgan fingerprint density at radius 1 is 1.29 bits per heavy atom. The van der Waals surface area contributed by atoms with Gasteiger partial charge in [0.15, 0.2) is 5.82 Å². The van der Waals surface area contributed by atoms with Gasteiger partial charge in [-0.05, 0) is 48.9 Å². The van der Waals surface area contributed by atoms with Crippen LogP contribution >= 0.6 is 0 Å². The number of amides is 1. The molecule has 2 aliphatic rings. The van der Waals surface area contributed by atoms with Crippen molar-refractivity contribution < 1.29 is 23.8 Å². The summed E-state index contributed by atoms with van der Waals surface area (Å²) in [6.07, 6.45) is -0.150. The summed E-state index contributed by atoms with van der Waals surface area (Å²) < 4.78 is 21.7. The largest absolute Gasteiger partial charge is 0.496 e. The molecule has 0 spiro atoms. The molecule has 3 heterocycles. The van der Waals surface area contributed by atoms with Gasteiger partial charge < -0.3 is 14.7 Å². The van der Waals surface area contributed by atoms with Crippen LogP contribution in [0.3, 0.4) is 0 Å². The monoisotopic (exact) mass is 470 g/mol. The van der Waals surface area contributed by atoms with Crippen LogP contribution in [0.4, 0.5) is 15.0 Å². The fourth-order valence-corrected chi connectivity index (χ4v) is 5.82. The van der Waals surface area contributed by atoms with Gasteiger partial charge in [-0.15, -0.1) is 10.2 Å². The van der Waals surface area contributed by atoms with E-state index in [1.54, 1.807) is 42.3 Å². The first-order chi connectivity index (χ1) is 16.0. The molecule has 2 aromatic rings. The summed E-state index contributed by atoms with van der Waals surface area (Å²) in [7, 11) is 3.31. The van der Waals surface area contributed by atoms with Gasteiger partial charge in [0.05, 0.1) is 24.4 Å². The number of hydrogen-bond acceptors (Lipinski definition) is 6. The predicted molar refractivity (Wildman–Crippen MR) is 126 cm³/mol. The van der Waals surface area contributed by atoms with E-state index in [9.17, 15) is 14.7 Å². The minimum Gasteiger partial charge on any atom is -0.496 e. The number of hydrogen-bond donors (Lipinski definition) is 1. The van der Waals surface area contributed by atoms with Gasteiger partial charge in [0.25, 0.3) is 0 Å². The number of rotatable bonds is 5. The van der Waals surface area contributed by atoms with Gasteiger partial charge in [0.2, 0.25) is 0 Å². The average Bonchev–Trinajstić information content (AvgIpc) is 3.15. The van der Waals surface area contributed by atoms with Crippen molar-refractivity contribution in [1.29, 1.82) is 0 Å². The average molecular weight is 471 g/mol. The number of halogens is 1. The maximum atomic E-state index is 16.3. The number of nitrogens with zero attached hydrogens (tertiary/aromatic N) is 4. The molecular weight excluding hydrogens is 439 g/mol. The van der Waals surface area contributed by atoms with Gasteiger partial charge in [-0.25, -0.2) is 9.18 Å². The van der Waals surface area contributed by atoms with Crippen molar-refractivity contribution in [2.45, 2.75) is 63.8 Å². The first-order valence-electron chi connectivity index (χ1n) is 11.4. The lowest BCUT2D eigenvalue weighted by molar-refractivity contribution is -0.0756. The van der Waals surface area contributed by atoms with Crippen molar-refractivity contribution in [3.63, 3.8) is 0 Å². The summed E-state index contributed by atoms with van der Waals surface area (Å²) in [4.78, 5) is 26.3. The SMILES string of the molecule is COc1cc(C=O)ccc1-c1ccc(N(C)[C@H]2C[C@@H]3CC[C@@](C(C)(C)C)([C@H]2F)N3C(=O)O)nn1. The van der Waals surface area contributed by atoms with Gasteiger partial charge in [-0.2, -0.15) is 0 Å². The highest BCUT2D eigenvalue weighted by Crippen LogP contribution is 2.55. The Balaban J connectivity index is 1.64. The number of aldehydes is 1. The first-order valence-corrected chi connectivity index (χ1v) is 11.4. The van der Waals surface area contributed by atoms with Crippen LogP contribution in [0.25, 0.3) is 11.3 Å². The summed E-state index contributed by atoms with van der Waals surface area (Å²) in [6.45, 7) is 5.74. The van der Waals surface area contributed by atoms with E-state index in [4.69, 9.17) is 4.74 Å². The number of ether oxygens (including phenoxy) is 1. The third-order valence-corrected chi connectivity index (χ3v) is 7.61. The molecule has 4 atom stereocenters. The summed E-state index contributed by atoms with van der Waals surface area (Å²) in [6, 6.07) is 7.86. The molecule has 0 radical (unpaired) electrons. The van der Waals surface area contributed by atoms with Crippen molar-refractivity contribution in [3.8, 4) is 17.0 Å². The number of alkyl halides is 1. The van der Waals surface area contributed by atoms with E-state index in [0.717, 1.165) is 6.29 Å². The molecule has 0 aliphatic carbocycles. The van der Waals surface area contributed by atoms with Crippen LogP contribution in [0.15, 0.2) is 30.3 Å². The smallest absolute Gasteiger partial charge is 0.408 e. The van der Waals surface area contributed by atoms with E-state index >= 15 is 4.39 Å². The van der Waals surface area contributed by atoms with E-state index in [1.807, 2.05) is 20.8 Å². The van der Waals surface area contributed by atoms with Gasteiger partial charge in [-0.3, -0.25) is 9.69 Å². The van der Waals surface area contributed by atoms with E-state index in [1.165, 1.54) is 12.0 Å². The summed E-state index contributed by atoms with van der Waals surface area (Å²) >= 11 is 0. The van der Waals surface area contributed by atoms with Crippen LogP contribution in [0, 0.1) is 5.41 Å². The minimum absolute atomic E-state index is 0.232. The molecule has 34 heavy (non-hydrogen) atoms. The number of fused-ring (bicyclic) bond motifs is 2. The summed E-state index contributed by atoms with van der Waals surface area (Å²) in [5.41, 5.74) is 0.0856. The van der Waals surface area contributed by atoms with Gasteiger partial charge in [0.1, 0.15) is 18.2 Å². The number of methoxy groups -OCH3 is 1. The number of carbonyl (C=O) groups excluding carboxylic acids is 1. The van der Waals surface area contributed by atoms with Crippen LogP contribution in [0.2, 0.25) is 0 Å². The maximum absolute atomic E-state index is 16.3. The van der Waals surface area contributed by atoms with Gasteiger partial charge >= 0.3 is 6.09 Å². The fourth-order valence-electron chi connectivity index (χ4n) is 5.82. The van der Waals surface area contributed by atoms with Crippen LogP contribution in [0.1, 0.15) is 50.4 Å². The molecular formula is C25H31FN4O4. The molecule has 9 heteroatoms. The van der Waals surface area contributed by atoms with Crippen molar-refractivity contribution in [1.82, 2.24) is 15.1 Å². The molecule has 1 N–H and O–H groups in total. The van der Waals surface area contributed by atoms with Crippen molar-refractivity contribution in [3.05, 3.63) is 35.9 Å². The molecule has 8 nitrogen and oxygen atoms in total. The van der Waals surface area contributed by atoms with Crippen LogP contribution in [-0.2, 0) is 0 Å². The number of aromatic nitrogens is 2. The van der Waals surface area contributed by atoms with Gasteiger partial charge in [-0.1, -0.05) is 26.8 Å². The molecule has 0 saturated carbocycles. The molecule has 2 aliphatic heterocycles. The number of anilines is 1. The fraction of sp³-hybridized carbons (Fsp3) is 0.520. The second-order valence-corrected chi connectivity index (χ2v) is 10.2. The van der Waals surface area contributed by atoms with Crippen molar-refractivity contribution in [2.24, 2.45) is 5.41 Å². The third-order valence-electron chi connectivity index (χ3n) is 7.61. The van der Waals surface area contributed by atoms with Crippen molar-refractivity contribution >= 4 is 18.2 Å². The Bertz CT molecular complexity index is 1090. The van der Waals surface area contributed by atoms with Crippen molar-refractivity contribution in [2.75, 3.05) is 19.1 Å². The lowest BCUT2D eigenvalue weighted by Gasteiger charge is -2.56. The molecule has 4 rings (SSSR count). The van der Waals surface area contributed by atoms with E-state index in [2.05, 4.69) is 10.2 Å². The lowest BCUT2D eigenvalue weighted by atomic mass is 9.66. The zero-order valence-corrected chi connectivity index (χ0v) is 20.2. The standard InChI is InChI=1S/C25H31FN4O4/c1-24(2,3)25-11-10-16(30(25)23(32)33)13-19(22(25)26)29(4)21-9-8-18(27-28-21)17-7-6-15(14-31)12-20(17)34-5/h6-9,12,14,16,19,22H,10-11,13H2,1-5H3,(H,32,33)/t16-,19-,22-,25-/m0/s1. The quantitative estimate of drug-likeness (QED) is 0.646. The molecule has 0 unspecified atom stereocenters. The topological polar surface area (TPSA) is 95.9 Å². The highest BCUT2D eigenvalue weighted by Gasteiger charge is 2.65. The molecule has 2 fully saturated rings. The number of carboxylic acid groups (broad SMARTS) is 1. The van der Waals surface area contributed by atoms with Crippen LogP contribution < -0.4 is 9.64 Å². The molecule has 1 aromatic carbocycles. The highest BCUT2D eigenvalue weighted by molar-refractivity contribution is 5.79. The second-order valence-electron chi connectivity index (χ2n) is 10.2. The van der Waals surface area contributed by atoms with E-state index < -0.39 is 29.3 Å². The zero-order valence-electron chi connectivity index (χ0n) is 20.2. The summed E-state index contributed by atoms with van der Waals surface area (Å²) in [5, 5.41) is 18.6. The van der Waals surface area contributed by atoms with E-state index in [-0.39, 0.29) is 6.04 Å². The number of benzene rings is 1. The molecule has 1 aromatic heterocycles. The zero-order chi connectivity index (χ0) is 24.8. The van der Waals surface area contributed by atoms with Gasteiger partial charge in [0, 0.05) is 24.2 Å². The Kier molecular flexibility index (Phi) is 5.99. The highest BCUT2D eigenvalue weighted by atomic mass is 19.1. The molecule has 2 bridgehead atoms. The van der Waals surface area contributed by atoms with E-state index in [0.29, 0.717) is 47.7 Å². The lowest BCUT2D eigenvalue weighted by Crippen LogP contribution is -2.70. The number of carbonyl (C=O) groups is 2. The number of piperidine rings is 1. The van der Waals surface area contributed by atoms with Crippen LogP contribution in [0.5, 0.6) is 5.75 Å². The maximum Gasteiger partial charge on any atom is 0.408 e. The molecule has 182 valence electrons. The third kappa shape index (κ3) is 3.58. The Hall–Kier alpha value is -3.23. The molecule has 2 saturated heterocycles. The summed E-state index contributed by atoms with van der Waals surface area (Å²) in [5.74, 6) is 1.01. The Morgan fingerprint density at radius 2 is 2.03 bits per heavy atom. The minimum atomic E-state index is -1.38. The Morgan fingerprint density at radius 3 is 2.59 bits per heavy atom. The normalized spacial score (nSPS) is 26.3. The molecule has 1 amide bonds. The van der Waals surface area contributed by atoms with Crippen LogP contribution in [-0.4, -0.2) is 70.5 Å².